The van der Waals surface area contributed by atoms with Gasteiger partial charge in [-0.15, -0.1) is 10.2 Å². The molecule has 0 radical (unpaired) electrons. The number of carbonyl (C=O) groups excluding carboxylic acids is 1. The number of carbonyl (C=O) groups is 1. The third-order valence-corrected chi connectivity index (χ3v) is 7.84. The molecule has 0 bridgehead atoms. The van der Waals surface area contributed by atoms with E-state index >= 15 is 0 Å². The first kappa shape index (κ1) is 22.0. The van der Waals surface area contributed by atoms with Crippen molar-refractivity contribution in [2.75, 3.05) is 44.7 Å². The van der Waals surface area contributed by atoms with Crippen LogP contribution in [0.2, 0.25) is 0 Å². The fourth-order valence-corrected chi connectivity index (χ4v) is 5.74. The molecule has 172 valence electrons. The predicted molar refractivity (Wildman–Crippen MR) is 133 cm³/mol. The summed E-state index contributed by atoms with van der Waals surface area (Å²) in [5.41, 5.74) is 3.83. The standard InChI is InChI=1S/C26H30N4O2S/c1-32-26(31)22-8-6-20(7-9-22)24-27-28-25(33-24)21-10-12-23(13-11-21)30-16-14-29(15-17-30)18-19-4-2-3-5-19/h6-13,19H,2-5,14-18H2,1H3. The van der Waals surface area contributed by atoms with Gasteiger partial charge in [-0.05, 0) is 55.2 Å². The second kappa shape index (κ2) is 10.0. The summed E-state index contributed by atoms with van der Waals surface area (Å²) < 4.78 is 4.76. The highest BCUT2D eigenvalue weighted by Crippen LogP contribution is 2.31. The number of methoxy groups -OCH3 is 1. The Morgan fingerprint density at radius 3 is 2.06 bits per heavy atom. The van der Waals surface area contributed by atoms with E-state index in [4.69, 9.17) is 4.74 Å². The van der Waals surface area contributed by atoms with Gasteiger partial charge in [-0.2, -0.15) is 0 Å². The topological polar surface area (TPSA) is 58.6 Å². The highest BCUT2D eigenvalue weighted by Gasteiger charge is 2.22. The number of nitrogens with zero attached hydrogens (tertiary/aromatic N) is 4. The molecule has 0 atom stereocenters. The van der Waals surface area contributed by atoms with Gasteiger partial charge in [0.05, 0.1) is 12.7 Å². The number of hydrogen-bond acceptors (Lipinski definition) is 7. The number of hydrogen-bond donors (Lipinski definition) is 0. The number of anilines is 1. The van der Waals surface area contributed by atoms with Crippen LogP contribution in [0.5, 0.6) is 0 Å². The summed E-state index contributed by atoms with van der Waals surface area (Å²) in [5, 5.41) is 10.5. The molecule has 6 nitrogen and oxygen atoms in total. The number of aromatic nitrogens is 2. The molecule has 7 heteroatoms. The van der Waals surface area contributed by atoms with Crippen LogP contribution in [0.4, 0.5) is 5.69 Å². The van der Waals surface area contributed by atoms with Gasteiger partial charge in [-0.3, -0.25) is 4.90 Å². The molecule has 1 aromatic heterocycles. The molecule has 33 heavy (non-hydrogen) atoms. The van der Waals surface area contributed by atoms with Crippen molar-refractivity contribution in [3.8, 4) is 21.1 Å². The maximum atomic E-state index is 11.6. The van der Waals surface area contributed by atoms with Crippen LogP contribution in [0, 0.1) is 5.92 Å². The van der Waals surface area contributed by atoms with Gasteiger partial charge >= 0.3 is 5.97 Å². The van der Waals surface area contributed by atoms with Gasteiger partial charge in [-0.25, -0.2) is 4.79 Å². The molecular weight excluding hydrogens is 432 g/mol. The average Bonchev–Trinajstić information content (AvgIpc) is 3.57. The normalized spacial score (nSPS) is 17.4. The Morgan fingerprint density at radius 2 is 1.48 bits per heavy atom. The van der Waals surface area contributed by atoms with Crippen molar-refractivity contribution in [3.05, 3.63) is 54.1 Å². The predicted octanol–water partition coefficient (Wildman–Crippen LogP) is 4.97. The van der Waals surface area contributed by atoms with Crippen molar-refractivity contribution in [2.24, 2.45) is 5.92 Å². The van der Waals surface area contributed by atoms with E-state index in [-0.39, 0.29) is 5.97 Å². The van der Waals surface area contributed by atoms with E-state index in [1.165, 1.54) is 45.0 Å². The average molecular weight is 463 g/mol. The highest BCUT2D eigenvalue weighted by molar-refractivity contribution is 7.17. The first-order chi connectivity index (χ1) is 16.2. The Hall–Kier alpha value is -2.77. The molecule has 0 amide bonds. The minimum atomic E-state index is -0.338. The van der Waals surface area contributed by atoms with Crippen molar-refractivity contribution in [1.29, 1.82) is 0 Å². The second-order valence-electron chi connectivity index (χ2n) is 8.97. The van der Waals surface area contributed by atoms with E-state index in [1.807, 2.05) is 12.1 Å². The molecule has 1 saturated carbocycles. The van der Waals surface area contributed by atoms with Gasteiger partial charge in [0.2, 0.25) is 0 Å². The minimum absolute atomic E-state index is 0.338. The molecule has 3 aromatic rings. The van der Waals surface area contributed by atoms with Crippen LogP contribution >= 0.6 is 11.3 Å². The van der Waals surface area contributed by atoms with Crippen molar-refractivity contribution < 1.29 is 9.53 Å². The molecule has 0 spiro atoms. The first-order valence-electron chi connectivity index (χ1n) is 11.8. The van der Waals surface area contributed by atoms with E-state index in [2.05, 4.69) is 44.3 Å². The molecule has 5 rings (SSSR count). The molecule has 0 N–H and O–H groups in total. The zero-order valence-corrected chi connectivity index (χ0v) is 19.9. The third-order valence-electron chi connectivity index (χ3n) is 6.82. The summed E-state index contributed by atoms with van der Waals surface area (Å²) in [5.74, 6) is 0.591. The van der Waals surface area contributed by atoms with E-state index in [0.717, 1.165) is 53.2 Å². The smallest absolute Gasteiger partial charge is 0.337 e. The summed E-state index contributed by atoms with van der Waals surface area (Å²) in [6.45, 7) is 5.80. The number of ether oxygens (including phenoxy) is 1. The van der Waals surface area contributed by atoms with Gasteiger partial charge in [0, 0.05) is 49.5 Å². The number of benzene rings is 2. The molecule has 1 saturated heterocycles. The fourth-order valence-electron chi connectivity index (χ4n) is 4.88. The molecule has 1 aliphatic heterocycles. The lowest BCUT2D eigenvalue weighted by Crippen LogP contribution is -2.47. The zero-order chi connectivity index (χ0) is 22.6. The fraction of sp³-hybridized carbons (Fsp3) is 0.423. The van der Waals surface area contributed by atoms with Crippen molar-refractivity contribution in [3.63, 3.8) is 0 Å². The Kier molecular flexibility index (Phi) is 6.69. The van der Waals surface area contributed by atoms with Crippen LogP contribution in [-0.2, 0) is 4.74 Å². The lowest BCUT2D eigenvalue weighted by atomic mass is 10.1. The quantitative estimate of drug-likeness (QED) is 0.482. The van der Waals surface area contributed by atoms with Gasteiger partial charge in [-0.1, -0.05) is 36.3 Å². The second-order valence-corrected chi connectivity index (χ2v) is 9.94. The number of piperazine rings is 1. The molecule has 2 fully saturated rings. The summed E-state index contributed by atoms with van der Waals surface area (Å²) in [6, 6.07) is 16.0. The van der Waals surface area contributed by atoms with Crippen LogP contribution in [-0.4, -0.2) is 60.9 Å². The lowest BCUT2D eigenvalue weighted by Gasteiger charge is -2.37. The van der Waals surface area contributed by atoms with Gasteiger partial charge in [0.1, 0.15) is 10.0 Å². The van der Waals surface area contributed by atoms with Crippen LogP contribution in [0.15, 0.2) is 48.5 Å². The minimum Gasteiger partial charge on any atom is -0.465 e. The Labute approximate surface area is 199 Å². The van der Waals surface area contributed by atoms with Crippen LogP contribution < -0.4 is 4.90 Å². The molecular formula is C26H30N4O2S. The Morgan fingerprint density at radius 1 is 0.909 bits per heavy atom. The Balaban J connectivity index is 1.20. The van der Waals surface area contributed by atoms with Crippen LogP contribution in [0.1, 0.15) is 36.0 Å². The summed E-state index contributed by atoms with van der Waals surface area (Å²) >= 11 is 1.56. The molecule has 2 heterocycles. The Bertz CT molecular complexity index is 1070. The molecule has 2 aliphatic rings. The van der Waals surface area contributed by atoms with Gasteiger partial charge < -0.3 is 9.64 Å². The van der Waals surface area contributed by atoms with E-state index in [0.29, 0.717) is 5.56 Å². The number of esters is 1. The lowest BCUT2D eigenvalue weighted by molar-refractivity contribution is 0.0601. The zero-order valence-electron chi connectivity index (χ0n) is 19.1. The first-order valence-corrected chi connectivity index (χ1v) is 12.6. The maximum Gasteiger partial charge on any atom is 0.337 e. The van der Waals surface area contributed by atoms with Gasteiger partial charge in [0.25, 0.3) is 0 Å². The van der Waals surface area contributed by atoms with Crippen LogP contribution in [0.3, 0.4) is 0 Å². The third kappa shape index (κ3) is 5.09. The summed E-state index contributed by atoms with van der Waals surface area (Å²) in [6.07, 6.45) is 5.70. The van der Waals surface area contributed by atoms with E-state index in [9.17, 15) is 4.79 Å². The molecule has 1 aliphatic carbocycles. The van der Waals surface area contributed by atoms with Gasteiger partial charge in [0.15, 0.2) is 0 Å². The number of rotatable bonds is 6. The highest BCUT2D eigenvalue weighted by atomic mass is 32.1. The monoisotopic (exact) mass is 462 g/mol. The van der Waals surface area contributed by atoms with Crippen molar-refractivity contribution in [2.45, 2.75) is 25.7 Å². The van der Waals surface area contributed by atoms with E-state index < -0.39 is 0 Å². The van der Waals surface area contributed by atoms with Crippen LogP contribution in [0.25, 0.3) is 21.1 Å². The largest absolute Gasteiger partial charge is 0.465 e. The maximum absolute atomic E-state index is 11.6. The summed E-state index contributed by atoms with van der Waals surface area (Å²) in [7, 11) is 1.38. The van der Waals surface area contributed by atoms with E-state index in [1.54, 1.807) is 23.5 Å². The van der Waals surface area contributed by atoms with Crippen molar-refractivity contribution >= 4 is 23.0 Å². The molecule has 0 unspecified atom stereocenters. The molecule has 2 aromatic carbocycles. The van der Waals surface area contributed by atoms with Crippen molar-refractivity contribution in [1.82, 2.24) is 15.1 Å². The summed E-state index contributed by atoms with van der Waals surface area (Å²) in [4.78, 5) is 16.8. The SMILES string of the molecule is COC(=O)c1ccc(-c2nnc(-c3ccc(N4CCN(CC5CCCC5)CC4)cc3)s2)cc1.